The average Bonchev–Trinajstić information content (AvgIpc) is 2.10. The molecule has 4 heteroatoms. The molecular formula is C10H12BrNO2. The number of anilines is 1. The predicted octanol–water partition coefficient (Wildman–Crippen LogP) is 2.63. The van der Waals surface area contributed by atoms with Gasteiger partial charge in [0.25, 0.3) is 0 Å². The van der Waals surface area contributed by atoms with Gasteiger partial charge in [0.05, 0.1) is 16.6 Å². The molecule has 0 amide bonds. The van der Waals surface area contributed by atoms with Crippen molar-refractivity contribution in [2.45, 2.75) is 13.8 Å². The molecule has 0 aliphatic rings. The third-order valence-electron chi connectivity index (χ3n) is 1.79. The summed E-state index contributed by atoms with van der Waals surface area (Å²) in [7, 11) is 0. The van der Waals surface area contributed by atoms with Gasteiger partial charge in [-0.1, -0.05) is 0 Å². The molecule has 0 bridgehead atoms. The molecule has 0 unspecified atom stereocenters. The van der Waals surface area contributed by atoms with Gasteiger partial charge in [0.2, 0.25) is 0 Å². The Hall–Kier alpha value is -1.03. The molecule has 0 spiro atoms. The van der Waals surface area contributed by atoms with E-state index in [1.54, 1.807) is 12.1 Å². The number of ketones is 1. The fourth-order valence-corrected chi connectivity index (χ4v) is 1.95. The molecule has 1 rings (SSSR count). The summed E-state index contributed by atoms with van der Waals surface area (Å²) in [6.07, 6.45) is 0. The number of nitrogen functional groups attached to an aromatic ring is 1. The van der Waals surface area contributed by atoms with Gasteiger partial charge in [-0.2, -0.15) is 0 Å². The Morgan fingerprint density at radius 2 is 2.21 bits per heavy atom. The third-order valence-corrected chi connectivity index (χ3v) is 2.58. The van der Waals surface area contributed by atoms with Crippen LogP contribution in [0.1, 0.15) is 24.2 Å². The minimum Gasteiger partial charge on any atom is -0.493 e. The van der Waals surface area contributed by atoms with E-state index in [-0.39, 0.29) is 5.78 Å². The van der Waals surface area contributed by atoms with Gasteiger partial charge in [-0.15, -0.1) is 0 Å². The summed E-state index contributed by atoms with van der Waals surface area (Å²) in [4.78, 5) is 11.3. The summed E-state index contributed by atoms with van der Waals surface area (Å²) in [5, 5.41) is 0. The summed E-state index contributed by atoms with van der Waals surface area (Å²) >= 11 is 3.31. The SMILES string of the molecule is CCOc1ccc(N)c(C(C)=O)c1Br. The van der Waals surface area contributed by atoms with Crippen molar-refractivity contribution in [3.05, 3.63) is 22.2 Å². The van der Waals surface area contributed by atoms with E-state index in [0.29, 0.717) is 28.1 Å². The zero-order valence-electron chi connectivity index (χ0n) is 8.13. The Morgan fingerprint density at radius 3 is 2.71 bits per heavy atom. The summed E-state index contributed by atoms with van der Waals surface area (Å²) in [6, 6.07) is 3.42. The maximum atomic E-state index is 11.3. The zero-order chi connectivity index (χ0) is 10.7. The van der Waals surface area contributed by atoms with Crippen molar-refractivity contribution in [2.24, 2.45) is 0 Å². The smallest absolute Gasteiger partial charge is 0.163 e. The lowest BCUT2D eigenvalue weighted by molar-refractivity contribution is 0.101. The summed E-state index contributed by atoms with van der Waals surface area (Å²) in [5.74, 6) is 0.572. The molecule has 1 aromatic carbocycles. The van der Waals surface area contributed by atoms with Crippen LogP contribution < -0.4 is 10.5 Å². The van der Waals surface area contributed by atoms with Crippen molar-refractivity contribution in [3.63, 3.8) is 0 Å². The van der Waals surface area contributed by atoms with Gasteiger partial charge in [-0.25, -0.2) is 0 Å². The minimum absolute atomic E-state index is 0.0732. The number of ether oxygens (including phenoxy) is 1. The van der Waals surface area contributed by atoms with E-state index >= 15 is 0 Å². The lowest BCUT2D eigenvalue weighted by atomic mass is 10.1. The van der Waals surface area contributed by atoms with E-state index in [1.165, 1.54) is 6.92 Å². The first-order valence-corrected chi connectivity index (χ1v) is 5.09. The highest BCUT2D eigenvalue weighted by Crippen LogP contribution is 2.32. The second-order valence-electron chi connectivity index (χ2n) is 2.83. The van der Waals surface area contributed by atoms with Crippen molar-refractivity contribution in [1.29, 1.82) is 0 Å². The van der Waals surface area contributed by atoms with Crippen LogP contribution >= 0.6 is 15.9 Å². The number of carbonyl (C=O) groups excluding carboxylic acids is 1. The Bertz CT molecular complexity index is 363. The normalized spacial score (nSPS) is 9.93. The lowest BCUT2D eigenvalue weighted by Crippen LogP contribution is -2.03. The van der Waals surface area contributed by atoms with Gasteiger partial charge in [-0.3, -0.25) is 4.79 Å². The Morgan fingerprint density at radius 1 is 1.57 bits per heavy atom. The van der Waals surface area contributed by atoms with Crippen molar-refractivity contribution < 1.29 is 9.53 Å². The number of hydrogen-bond donors (Lipinski definition) is 1. The van der Waals surface area contributed by atoms with Crippen LogP contribution in [0.4, 0.5) is 5.69 Å². The van der Waals surface area contributed by atoms with Gasteiger partial charge in [0.15, 0.2) is 5.78 Å². The summed E-state index contributed by atoms with van der Waals surface area (Å²) in [5.41, 5.74) is 6.63. The molecule has 0 saturated carbocycles. The average molecular weight is 258 g/mol. The van der Waals surface area contributed by atoms with E-state index in [9.17, 15) is 4.79 Å². The molecule has 1 aromatic rings. The Kier molecular flexibility index (Phi) is 3.52. The van der Waals surface area contributed by atoms with Gasteiger partial charge in [0.1, 0.15) is 5.75 Å². The molecule has 14 heavy (non-hydrogen) atoms. The maximum absolute atomic E-state index is 11.3. The Labute approximate surface area is 91.4 Å². The first-order chi connectivity index (χ1) is 6.57. The first-order valence-electron chi connectivity index (χ1n) is 4.29. The first kappa shape index (κ1) is 11.0. The van der Waals surface area contributed by atoms with E-state index < -0.39 is 0 Å². The monoisotopic (exact) mass is 257 g/mol. The Balaban J connectivity index is 3.26. The van der Waals surface area contributed by atoms with Crippen LogP contribution in [0.25, 0.3) is 0 Å². The van der Waals surface area contributed by atoms with Gasteiger partial charge < -0.3 is 10.5 Å². The highest BCUT2D eigenvalue weighted by atomic mass is 79.9. The molecule has 0 aromatic heterocycles. The molecule has 0 atom stereocenters. The molecule has 0 aliphatic heterocycles. The number of carbonyl (C=O) groups is 1. The standard InChI is InChI=1S/C10H12BrNO2/c1-3-14-8-5-4-7(12)9(6(2)13)10(8)11/h4-5H,3,12H2,1-2H3. The molecule has 0 fully saturated rings. The highest BCUT2D eigenvalue weighted by molar-refractivity contribution is 9.10. The fraction of sp³-hybridized carbons (Fsp3) is 0.300. The minimum atomic E-state index is -0.0732. The van der Waals surface area contributed by atoms with Crippen molar-refractivity contribution in [3.8, 4) is 5.75 Å². The molecule has 76 valence electrons. The van der Waals surface area contributed by atoms with Gasteiger partial charge in [-0.05, 0) is 41.9 Å². The maximum Gasteiger partial charge on any atom is 0.163 e. The lowest BCUT2D eigenvalue weighted by Gasteiger charge is -2.10. The van der Waals surface area contributed by atoms with Crippen LogP contribution in [0, 0.1) is 0 Å². The number of rotatable bonds is 3. The fourth-order valence-electron chi connectivity index (χ4n) is 1.20. The molecular weight excluding hydrogens is 246 g/mol. The van der Waals surface area contributed by atoms with Crippen LogP contribution in [0.15, 0.2) is 16.6 Å². The van der Waals surface area contributed by atoms with Crippen LogP contribution in [0.3, 0.4) is 0 Å². The van der Waals surface area contributed by atoms with E-state index in [4.69, 9.17) is 10.5 Å². The summed E-state index contributed by atoms with van der Waals surface area (Å²) in [6.45, 7) is 3.92. The second kappa shape index (κ2) is 4.46. The van der Waals surface area contributed by atoms with E-state index in [0.717, 1.165) is 0 Å². The van der Waals surface area contributed by atoms with Crippen molar-refractivity contribution in [2.75, 3.05) is 12.3 Å². The second-order valence-corrected chi connectivity index (χ2v) is 3.62. The van der Waals surface area contributed by atoms with Gasteiger partial charge in [0, 0.05) is 5.69 Å². The summed E-state index contributed by atoms with van der Waals surface area (Å²) < 4.78 is 5.96. The molecule has 0 radical (unpaired) electrons. The third kappa shape index (κ3) is 2.07. The number of halogens is 1. The topological polar surface area (TPSA) is 52.3 Å². The van der Waals surface area contributed by atoms with Crippen LogP contribution in [0.5, 0.6) is 5.75 Å². The molecule has 3 nitrogen and oxygen atoms in total. The largest absolute Gasteiger partial charge is 0.493 e. The van der Waals surface area contributed by atoms with Gasteiger partial charge >= 0.3 is 0 Å². The molecule has 0 aliphatic carbocycles. The van der Waals surface area contributed by atoms with Crippen LogP contribution in [-0.4, -0.2) is 12.4 Å². The quantitative estimate of drug-likeness (QED) is 0.669. The number of Topliss-reactive ketones (excluding diaryl/α,β-unsaturated/α-hetero) is 1. The number of hydrogen-bond acceptors (Lipinski definition) is 3. The van der Waals surface area contributed by atoms with Crippen molar-refractivity contribution >= 4 is 27.4 Å². The number of benzene rings is 1. The van der Waals surface area contributed by atoms with E-state index in [2.05, 4.69) is 15.9 Å². The zero-order valence-corrected chi connectivity index (χ0v) is 9.72. The van der Waals surface area contributed by atoms with Crippen LogP contribution in [0.2, 0.25) is 0 Å². The highest BCUT2D eigenvalue weighted by Gasteiger charge is 2.13. The molecule has 0 saturated heterocycles. The number of nitrogens with two attached hydrogens (primary N) is 1. The molecule has 0 heterocycles. The van der Waals surface area contributed by atoms with E-state index in [1.807, 2.05) is 6.92 Å². The van der Waals surface area contributed by atoms with Crippen molar-refractivity contribution in [1.82, 2.24) is 0 Å². The predicted molar refractivity (Wildman–Crippen MR) is 59.7 cm³/mol. The molecule has 2 N–H and O–H groups in total. The van der Waals surface area contributed by atoms with Crippen LogP contribution in [-0.2, 0) is 0 Å².